The number of hydrogen-bond donors (Lipinski definition) is 1. The van der Waals surface area contributed by atoms with Gasteiger partial charge in [0.1, 0.15) is 5.82 Å². The zero-order chi connectivity index (χ0) is 22.1. The molecule has 1 saturated heterocycles. The van der Waals surface area contributed by atoms with Gasteiger partial charge < -0.3 is 5.32 Å². The van der Waals surface area contributed by atoms with Crippen LogP contribution in [0, 0.1) is 6.92 Å². The molecule has 1 fully saturated rings. The maximum atomic E-state index is 12.7. The molecule has 0 radical (unpaired) electrons. The predicted molar refractivity (Wildman–Crippen MR) is 121 cm³/mol. The van der Waals surface area contributed by atoms with Gasteiger partial charge in [0.2, 0.25) is 10.0 Å². The molecule has 0 aliphatic carbocycles. The first-order valence-electron chi connectivity index (χ1n) is 10.5. The highest BCUT2D eigenvalue weighted by molar-refractivity contribution is 7.89. The number of sulfonamides is 1. The summed E-state index contributed by atoms with van der Waals surface area (Å²) in [4.78, 5) is 9.31. The summed E-state index contributed by atoms with van der Waals surface area (Å²) in [6.07, 6.45) is 1.82. The van der Waals surface area contributed by atoms with Crippen LogP contribution in [0.25, 0.3) is 11.2 Å². The van der Waals surface area contributed by atoms with Crippen molar-refractivity contribution in [2.45, 2.75) is 31.2 Å². The summed E-state index contributed by atoms with van der Waals surface area (Å²) >= 11 is 0. The first kappa shape index (κ1) is 20.5. The topological polar surface area (TPSA) is 106 Å². The molecule has 0 unspecified atom stereocenters. The molecule has 0 atom stereocenters. The Kier molecular flexibility index (Phi) is 5.32. The number of benzene rings is 2. The fraction of sp³-hybridized carbons (Fsp3) is 0.273. The summed E-state index contributed by atoms with van der Waals surface area (Å²) in [5, 5.41) is 11.8. The van der Waals surface area contributed by atoms with Crippen molar-refractivity contribution in [3.8, 4) is 0 Å². The molecule has 4 aromatic rings. The second-order valence-corrected chi connectivity index (χ2v) is 9.72. The first-order chi connectivity index (χ1) is 15.5. The molecule has 0 saturated carbocycles. The normalized spacial score (nSPS) is 14.8. The van der Waals surface area contributed by atoms with Crippen molar-refractivity contribution in [1.29, 1.82) is 0 Å². The standard InChI is InChI=1S/C22H23N7O2S/c1-16-23-21(20-22(24-16)29(27-26-20)15-17-7-3-2-4-8-17)25-18-9-11-19(12-10-18)32(30,31)28-13-5-6-14-28/h2-4,7-12H,5-6,13-15H2,1H3,(H,23,24,25). The van der Waals surface area contributed by atoms with Crippen molar-refractivity contribution >= 4 is 32.7 Å². The zero-order valence-corrected chi connectivity index (χ0v) is 18.5. The van der Waals surface area contributed by atoms with Crippen LogP contribution in [0.15, 0.2) is 59.5 Å². The van der Waals surface area contributed by atoms with E-state index in [0.717, 1.165) is 18.4 Å². The smallest absolute Gasteiger partial charge is 0.243 e. The lowest BCUT2D eigenvalue weighted by molar-refractivity contribution is 0.477. The third-order valence-corrected chi connectivity index (χ3v) is 7.38. The maximum absolute atomic E-state index is 12.7. The van der Waals surface area contributed by atoms with Gasteiger partial charge in [0.25, 0.3) is 0 Å². The molecular formula is C22H23N7O2S. The van der Waals surface area contributed by atoms with Crippen LogP contribution >= 0.6 is 0 Å². The molecule has 10 heteroatoms. The Morgan fingerprint density at radius 1 is 0.969 bits per heavy atom. The third kappa shape index (κ3) is 3.94. The monoisotopic (exact) mass is 449 g/mol. The van der Waals surface area contributed by atoms with E-state index in [1.165, 1.54) is 4.31 Å². The molecule has 3 heterocycles. The molecule has 0 amide bonds. The molecule has 2 aromatic heterocycles. The van der Waals surface area contributed by atoms with Crippen LogP contribution in [-0.4, -0.2) is 50.8 Å². The van der Waals surface area contributed by atoms with E-state index in [9.17, 15) is 8.42 Å². The van der Waals surface area contributed by atoms with Crippen molar-refractivity contribution < 1.29 is 8.42 Å². The first-order valence-corrected chi connectivity index (χ1v) is 11.9. The van der Waals surface area contributed by atoms with Gasteiger partial charge in [-0.2, -0.15) is 4.31 Å². The molecule has 2 aromatic carbocycles. The lowest BCUT2D eigenvalue weighted by Gasteiger charge is -2.15. The van der Waals surface area contributed by atoms with Crippen molar-refractivity contribution in [2.24, 2.45) is 0 Å². The molecule has 0 bridgehead atoms. The van der Waals surface area contributed by atoms with E-state index in [0.29, 0.717) is 53.0 Å². The summed E-state index contributed by atoms with van der Waals surface area (Å²) in [6, 6.07) is 16.7. The molecular weight excluding hydrogens is 426 g/mol. The second-order valence-electron chi connectivity index (χ2n) is 7.78. The Bertz CT molecular complexity index is 1350. The van der Waals surface area contributed by atoms with E-state index in [2.05, 4.69) is 25.6 Å². The average Bonchev–Trinajstić information content (AvgIpc) is 3.46. The highest BCUT2D eigenvalue weighted by Gasteiger charge is 2.27. The Hall–Kier alpha value is -3.37. The van der Waals surface area contributed by atoms with Crippen LogP contribution in [0.5, 0.6) is 0 Å². The van der Waals surface area contributed by atoms with Gasteiger partial charge in [0, 0.05) is 18.8 Å². The molecule has 1 aliphatic rings. The van der Waals surface area contributed by atoms with E-state index >= 15 is 0 Å². The van der Waals surface area contributed by atoms with E-state index in [1.807, 2.05) is 37.3 Å². The minimum Gasteiger partial charge on any atom is -0.338 e. The number of fused-ring (bicyclic) bond motifs is 1. The molecule has 32 heavy (non-hydrogen) atoms. The molecule has 1 N–H and O–H groups in total. The summed E-state index contributed by atoms with van der Waals surface area (Å²) in [5.74, 6) is 1.12. The van der Waals surface area contributed by atoms with E-state index < -0.39 is 10.0 Å². The minimum absolute atomic E-state index is 0.294. The highest BCUT2D eigenvalue weighted by Crippen LogP contribution is 2.25. The summed E-state index contributed by atoms with van der Waals surface area (Å²) < 4.78 is 28.8. The van der Waals surface area contributed by atoms with Gasteiger partial charge in [-0.3, -0.25) is 0 Å². The van der Waals surface area contributed by atoms with Gasteiger partial charge in [0.15, 0.2) is 17.0 Å². The van der Waals surface area contributed by atoms with Crippen LogP contribution < -0.4 is 5.32 Å². The van der Waals surface area contributed by atoms with Crippen molar-refractivity contribution in [2.75, 3.05) is 18.4 Å². The fourth-order valence-electron chi connectivity index (χ4n) is 3.84. The number of aromatic nitrogens is 5. The molecule has 0 spiro atoms. The Morgan fingerprint density at radius 2 is 1.69 bits per heavy atom. The van der Waals surface area contributed by atoms with Crippen molar-refractivity contribution in [3.05, 3.63) is 66.0 Å². The number of anilines is 2. The molecule has 9 nitrogen and oxygen atoms in total. The van der Waals surface area contributed by atoms with Crippen LogP contribution in [0.2, 0.25) is 0 Å². The molecule has 164 valence electrons. The number of aryl methyl sites for hydroxylation is 1. The lowest BCUT2D eigenvalue weighted by Crippen LogP contribution is -2.27. The largest absolute Gasteiger partial charge is 0.338 e. The molecule has 5 rings (SSSR count). The van der Waals surface area contributed by atoms with Gasteiger partial charge in [-0.25, -0.2) is 23.1 Å². The number of nitrogens with one attached hydrogen (secondary N) is 1. The SMILES string of the molecule is Cc1nc(Nc2ccc(S(=O)(=O)N3CCCC3)cc2)c2nnn(Cc3ccccc3)c2n1. The fourth-order valence-corrected chi connectivity index (χ4v) is 5.36. The van der Waals surface area contributed by atoms with Crippen molar-refractivity contribution in [3.63, 3.8) is 0 Å². The molecule has 1 aliphatic heterocycles. The number of hydrogen-bond acceptors (Lipinski definition) is 7. The van der Waals surface area contributed by atoms with Crippen LogP contribution in [0.1, 0.15) is 24.2 Å². The van der Waals surface area contributed by atoms with Crippen LogP contribution in [0.4, 0.5) is 11.5 Å². The predicted octanol–water partition coefficient (Wildman–Crippen LogP) is 3.11. The summed E-state index contributed by atoms with van der Waals surface area (Å²) in [6.45, 7) is 3.53. The maximum Gasteiger partial charge on any atom is 0.243 e. The summed E-state index contributed by atoms with van der Waals surface area (Å²) in [5.41, 5.74) is 3.00. The average molecular weight is 450 g/mol. The van der Waals surface area contributed by atoms with E-state index in [4.69, 9.17) is 0 Å². The number of rotatable bonds is 6. The van der Waals surface area contributed by atoms with Crippen LogP contribution in [0.3, 0.4) is 0 Å². The Labute approximate surface area is 186 Å². The quantitative estimate of drug-likeness (QED) is 0.482. The second kappa shape index (κ2) is 8.29. The lowest BCUT2D eigenvalue weighted by atomic mass is 10.2. The van der Waals surface area contributed by atoms with Gasteiger partial charge in [-0.05, 0) is 49.6 Å². The van der Waals surface area contributed by atoms with E-state index in [1.54, 1.807) is 28.9 Å². The minimum atomic E-state index is -3.44. The highest BCUT2D eigenvalue weighted by atomic mass is 32.2. The Morgan fingerprint density at radius 3 is 2.41 bits per heavy atom. The number of nitrogens with zero attached hydrogens (tertiary/aromatic N) is 6. The van der Waals surface area contributed by atoms with Gasteiger partial charge in [0.05, 0.1) is 11.4 Å². The van der Waals surface area contributed by atoms with Gasteiger partial charge >= 0.3 is 0 Å². The van der Waals surface area contributed by atoms with Gasteiger partial charge in [-0.15, -0.1) is 5.10 Å². The van der Waals surface area contributed by atoms with Crippen LogP contribution in [-0.2, 0) is 16.6 Å². The summed E-state index contributed by atoms with van der Waals surface area (Å²) in [7, 11) is -3.44. The van der Waals surface area contributed by atoms with Gasteiger partial charge in [-0.1, -0.05) is 35.5 Å². The third-order valence-electron chi connectivity index (χ3n) is 5.47. The Balaban J connectivity index is 1.42. The zero-order valence-electron chi connectivity index (χ0n) is 17.6. The van der Waals surface area contributed by atoms with E-state index in [-0.39, 0.29) is 0 Å². The van der Waals surface area contributed by atoms with Crippen molar-refractivity contribution in [1.82, 2.24) is 29.3 Å².